The number of thiophene rings is 1. The zero-order chi connectivity index (χ0) is 24.7. The third-order valence-electron chi connectivity index (χ3n) is 6.30. The molecule has 0 unspecified atom stereocenters. The van der Waals surface area contributed by atoms with E-state index in [0.717, 1.165) is 36.1 Å². The second-order valence-corrected chi connectivity index (χ2v) is 9.47. The lowest BCUT2D eigenvalue weighted by Gasteiger charge is -2.13. The Labute approximate surface area is 205 Å². The number of carbonyl (C=O) groups is 2. The molecule has 3 N–H and O–H groups in total. The van der Waals surface area contributed by atoms with Crippen LogP contribution in [-0.2, 0) is 24.1 Å². The molecule has 0 saturated heterocycles. The summed E-state index contributed by atoms with van der Waals surface area (Å²) in [7, 11) is 0. The fourth-order valence-corrected chi connectivity index (χ4v) is 5.92. The number of nitrogens with two attached hydrogens (primary N) is 1. The molecule has 4 aromatic heterocycles. The molecule has 1 aliphatic rings. The Bertz CT molecular complexity index is 1560. The number of nitrogens with zero attached hydrogens (tertiary/aromatic N) is 3. The Hall–Kier alpha value is -3.79. The van der Waals surface area contributed by atoms with Crippen LogP contribution in [-0.4, -0.2) is 27.9 Å². The lowest BCUT2D eigenvalue weighted by Crippen LogP contribution is -2.41. The Balaban J connectivity index is 1.63. The van der Waals surface area contributed by atoms with Crippen molar-refractivity contribution in [3.05, 3.63) is 62.4 Å². The van der Waals surface area contributed by atoms with Crippen LogP contribution in [0.4, 0.5) is 10.8 Å². The number of aromatic nitrogens is 3. The lowest BCUT2D eigenvalue weighted by atomic mass is 9.95. The molecule has 1 amide bonds. The van der Waals surface area contributed by atoms with Crippen LogP contribution >= 0.6 is 11.3 Å². The smallest absolute Gasteiger partial charge is 0.341 e. The number of carbonyl (C=O) groups excluding carboxylic acids is 2. The number of esters is 1. The van der Waals surface area contributed by atoms with Gasteiger partial charge in [-0.05, 0) is 63.3 Å². The van der Waals surface area contributed by atoms with E-state index in [2.05, 4.69) is 10.3 Å². The van der Waals surface area contributed by atoms with Gasteiger partial charge in [-0.25, -0.2) is 9.36 Å². The van der Waals surface area contributed by atoms with Gasteiger partial charge in [-0.2, -0.15) is 0 Å². The maximum absolute atomic E-state index is 13.5. The van der Waals surface area contributed by atoms with E-state index in [4.69, 9.17) is 10.5 Å². The Morgan fingerprint density at radius 3 is 2.83 bits per heavy atom. The fourth-order valence-electron chi connectivity index (χ4n) is 4.65. The van der Waals surface area contributed by atoms with Crippen LogP contribution in [0.25, 0.3) is 16.7 Å². The molecule has 0 aromatic carbocycles. The molecular weight excluding hydrogens is 466 g/mol. The van der Waals surface area contributed by atoms with Gasteiger partial charge >= 0.3 is 5.97 Å². The first-order valence-electron chi connectivity index (χ1n) is 11.7. The molecular formula is C25H26N5O4S+. The highest BCUT2D eigenvalue weighted by molar-refractivity contribution is 7.17. The maximum Gasteiger partial charge on any atom is 0.341 e. The van der Waals surface area contributed by atoms with Crippen LogP contribution in [0, 0.1) is 0 Å². The van der Waals surface area contributed by atoms with E-state index in [0.29, 0.717) is 28.4 Å². The number of amides is 1. The van der Waals surface area contributed by atoms with Gasteiger partial charge in [0, 0.05) is 11.1 Å². The molecule has 0 saturated carbocycles. The number of hydrogen-bond donors (Lipinski definition) is 2. The molecule has 0 spiro atoms. The molecule has 4 aromatic rings. The van der Waals surface area contributed by atoms with E-state index in [-0.39, 0.29) is 28.9 Å². The quantitative estimate of drug-likeness (QED) is 0.251. The fraction of sp³-hybridized carbons (Fsp3) is 0.320. The maximum atomic E-state index is 13.5. The molecule has 0 fully saturated rings. The van der Waals surface area contributed by atoms with Crippen molar-refractivity contribution in [2.75, 3.05) is 17.7 Å². The van der Waals surface area contributed by atoms with E-state index in [1.54, 1.807) is 35.9 Å². The number of nitrogen functional groups attached to an aromatic ring is 1. The number of rotatable bonds is 5. The number of hydrogen-bond acceptors (Lipinski definition) is 7. The zero-order valence-corrected chi connectivity index (χ0v) is 20.4. The number of aryl methyl sites for hydroxylation is 2. The van der Waals surface area contributed by atoms with Gasteiger partial charge in [0.25, 0.3) is 17.1 Å². The molecule has 35 heavy (non-hydrogen) atoms. The number of anilines is 2. The van der Waals surface area contributed by atoms with E-state index < -0.39 is 11.9 Å². The molecule has 10 heteroatoms. The first-order valence-corrected chi connectivity index (χ1v) is 12.5. The summed E-state index contributed by atoms with van der Waals surface area (Å²) in [5.41, 5.74) is 8.56. The van der Waals surface area contributed by atoms with Crippen molar-refractivity contribution in [2.45, 2.75) is 46.1 Å². The summed E-state index contributed by atoms with van der Waals surface area (Å²) in [6.07, 6.45) is 5.31. The highest BCUT2D eigenvalue weighted by Crippen LogP contribution is 2.39. The monoisotopic (exact) mass is 492 g/mol. The minimum absolute atomic E-state index is 0.148. The van der Waals surface area contributed by atoms with Gasteiger partial charge in [-0.1, -0.05) is 11.1 Å². The number of pyridine rings is 2. The summed E-state index contributed by atoms with van der Waals surface area (Å²) in [6, 6.07) is 6.78. The van der Waals surface area contributed by atoms with Gasteiger partial charge in [0.05, 0.1) is 18.7 Å². The molecule has 0 radical (unpaired) electrons. The van der Waals surface area contributed by atoms with Crippen LogP contribution in [0.1, 0.15) is 57.8 Å². The number of nitrogens with one attached hydrogen (secondary N) is 1. The molecule has 9 nitrogen and oxygen atoms in total. The average molecular weight is 493 g/mol. The summed E-state index contributed by atoms with van der Waals surface area (Å²) in [4.78, 5) is 45.2. The van der Waals surface area contributed by atoms with Crippen molar-refractivity contribution in [3.8, 4) is 0 Å². The minimum Gasteiger partial charge on any atom is -0.462 e. The van der Waals surface area contributed by atoms with Gasteiger partial charge in [-0.3, -0.25) is 14.0 Å². The van der Waals surface area contributed by atoms with Gasteiger partial charge in [0.1, 0.15) is 16.0 Å². The van der Waals surface area contributed by atoms with Crippen LogP contribution in [0.2, 0.25) is 0 Å². The topological polar surface area (TPSA) is 120 Å². The molecule has 180 valence electrons. The predicted octanol–water partition coefficient (Wildman–Crippen LogP) is 3.11. The zero-order valence-electron chi connectivity index (χ0n) is 19.6. The molecule has 1 aliphatic carbocycles. The third kappa shape index (κ3) is 3.83. The Morgan fingerprint density at radius 2 is 2.06 bits per heavy atom. The van der Waals surface area contributed by atoms with Crippen LogP contribution in [0.3, 0.4) is 0 Å². The summed E-state index contributed by atoms with van der Waals surface area (Å²) < 4.78 is 8.38. The van der Waals surface area contributed by atoms with E-state index in [9.17, 15) is 14.4 Å². The van der Waals surface area contributed by atoms with Crippen molar-refractivity contribution in [2.24, 2.45) is 0 Å². The second kappa shape index (κ2) is 9.10. The standard InChI is InChI=1S/C25H25N5O4S/c1-3-29-20(26)15(13-16-21(29)27-18-11-7-8-12-30(18)24(16)32)22(31)28-23-19(25(33)34-4-2)14-9-5-6-10-17(14)35-23/h7-8,11-13,26H,3-6,9-10H2,1-2H3,(H,28,31,33)/p+1. The van der Waals surface area contributed by atoms with Crippen molar-refractivity contribution in [1.82, 2.24) is 9.38 Å². The predicted molar refractivity (Wildman–Crippen MR) is 134 cm³/mol. The summed E-state index contributed by atoms with van der Waals surface area (Å²) in [6.45, 7) is 4.29. The normalized spacial score (nSPS) is 13.1. The van der Waals surface area contributed by atoms with Gasteiger partial charge in [-0.15, -0.1) is 11.3 Å². The van der Waals surface area contributed by atoms with Crippen LogP contribution in [0.5, 0.6) is 0 Å². The lowest BCUT2D eigenvalue weighted by molar-refractivity contribution is -0.655. The minimum atomic E-state index is -0.492. The first kappa shape index (κ1) is 23.0. The first-order chi connectivity index (χ1) is 16.9. The molecule has 0 atom stereocenters. The van der Waals surface area contributed by atoms with Crippen molar-refractivity contribution < 1.29 is 18.9 Å². The third-order valence-corrected chi connectivity index (χ3v) is 7.51. The molecule has 5 rings (SSSR count). The average Bonchev–Trinajstić information content (AvgIpc) is 3.22. The van der Waals surface area contributed by atoms with E-state index in [1.807, 2.05) is 6.92 Å². The Kier molecular flexibility index (Phi) is 5.98. The second-order valence-electron chi connectivity index (χ2n) is 8.36. The van der Waals surface area contributed by atoms with Gasteiger partial charge in [0.15, 0.2) is 0 Å². The summed E-state index contributed by atoms with van der Waals surface area (Å²) in [5.74, 6) is -0.733. The van der Waals surface area contributed by atoms with E-state index >= 15 is 0 Å². The highest BCUT2D eigenvalue weighted by Gasteiger charge is 2.29. The Morgan fingerprint density at radius 1 is 1.26 bits per heavy atom. The van der Waals surface area contributed by atoms with Gasteiger partial charge in [0.2, 0.25) is 11.5 Å². The van der Waals surface area contributed by atoms with Crippen molar-refractivity contribution in [1.29, 1.82) is 0 Å². The van der Waals surface area contributed by atoms with E-state index in [1.165, 1.54) is 21.8 Å². The SMILES string of the molecule is CCOC(=O)c1c(NC(=O)c2cc3c(=O)n4ccccc4nc3[n+](CC)c2N)sc2c1CCCC2. The molecule has 0 bridgehead atoms. The van der Waals surface area contributed by atoms with Crippen molar-refractivity contribution >= 4 is 50.7 Å². The van der Waals surface area contributed by atoms with Gasteiger partial charge < -0.3 is 15.8 Å². The highest BCUT2D eigenvalue weighted by atomic mass is 32.1. The van der Waals surface area contributed by atoms with Crippen molar-refractivity contribution in [3.63, 3.8) is 0 Å². The number of fused-ring (bicyclic) bond motifs is 3. The molecule has 0 aliphatic heterocycles. The summed E-state index contributed by atoms with van der Waals surface area (Å²) in [5, 5.41) is 3.63. The van der Waals surface area contributed by atoms with Crippen LogP contribution < -0.4 is 21.2 Å². The number of ether oxygens (including phenoxy) is 1. The largest absolute Gasteiger partial charge is 0.462 e. The van der Waals surface area contributed by atoms with Crippen LogP contribution in [0.15, 0.2) is 35.3 Å². The molecule has 4 heterocycles. The summed E-state index contributed by atoms with van der Waals surface area (Å²) >= 11 is 1.41.